The van der Waals surface area contributed by atoms with Crippen LogP contribution in [0.4, 0.5) is 5.69 Å². The molecule has 140 valence electrons. The van der Waals surface area contributed by atoms with Gasteiger partial charge in [0.25, 0.3) is 11.8 Å². The lowest BCUT2D eigenvalue weighted by Gasteiger charge is -2.46. The summed E-state index contributed by atoms with van der Waals surface area (Å²) in [6.45, 7) is 3.56. The highest BCUT2D eigenvalue weighted by Gasteiger charge is 2.43. The number of likely N-dealkylation sites (tertiary alicyclic amines) is 1. The number of hydrogen-bond acceptors (Lipinski definition) is 5. The maximum atomic E-state index is 12.7. The van der Waals surface area contributed by atoms with Crippen molar-refractivity contribution in [3.05, 3.63) is 54.1 Å². The lowest BCUT2D eigenvalue weighted by atomic mass is 9.89. The van der Waals surface area contributed by atoms with Crippen LogP contribution in [0.5, 0.6) is 0 Å². The first-order valence-electron chi connectivity index (χ1n) is 9.14. The van der Waals surface area contributed by atoms with Crippen LogP contribution in [0.25, 0.3) is 0 Å². The van der Waals surface area contributed by atoms with Gasteiger partial charge < -0.3 is 14.5 Å². The summed E-state index contributed by atoms with van der Waals surface area (Å²) in [7, 11) is 0. The normalized spacial score (nSPS) is 19.4. The molecule has 2 amide bonds. The van der Waals surface area contributed by atoms with Gasteiger partial charge in [0.1, 0.15) is 12.3 Å². The first-order valence-corrected chi connectivity index (χ1v) is 9.14. The van der Waals surface area contributed by atoms with Crippen molar-refractivity contribution in [1.29, 1.82) is 0 Å². The number of benzene rings is 1. The number of anilines is 1. The number of para-hydroxylation sites is 1. The standard InChI is InChI=1S/C20H22N4O3/c1-15-11-21-12-17(22-15)19(26)23-9-7-20(8-10-23)14-24(18(25)13-27-20)16-5-3-2-4-6-16/h2-6,11-12H,7-10,13-14H2,1H3. The van der Waals surface area contributed by atoms with E-state index in [4.69, 9.17) is 4.74 Å². The number of piperidine rings is 1. The fraction of sp³-hybridized carbons (Fsp3) is 0.400. The van der Waals surface area contributed by atoms with E-state index in [1.54, 1.807) is 16.0 Å². The highest BCUT2D eigenvalue weighted by atomic mass is 16.5. The number of aryl methyl sites for hydroxylation is 1. The van der Waals surface area contributed by atoms with Crippen LogP contribution < -0.4 is 4.90 Å². The SMILES string of the molecule is Cc1cncc(C(=O)N2CCC3(CC2)CN(c2ccccc2)C(=O)CO3)n1. The summed E-state index contributed by atoms with van der Waals surface area (Å²) in [5, 5.41) is 0. The van der Waals surface area contributed by atoms with E-state index in [1.807, 2.05) is 37.3 Å². The van der Waals surface area contributed by atoms with E-state index in [9.17, 15) is 9.59 Å². The number of hydrogen-bond donors (Lipinski definition) is 0. The molecule has 2 aromatic rings. The average molecular weight is 366 g/mol. The van der Waals surface area contributed by atoms with E-state index in [0.29, 0.717) is 38.2 Å². The molecule has 0 aliphatic carbocycles. The van der Waals surface area contributed by atoms with E-state index < -0.39 is 5.60 Å². The highest BCUT2D eigenvalue weighted by molar-refractivity contribution is 5.95. The molecular formula is C20H22N4O3. The third kappa shape index (κ3) is 3.55. The molecule has 2 aliphatic rings. The van der Waals surface area contributed by atoms with Gasteiger partial charge in [-0.25, -0.2) is 4.98 Å². The molecule has 1 aromatic carbocycles. The zero-order chi connectivity index (χ0) is 18.9. The number of carbonyl (C=O) groups is 2. The summed E-state index contributed by atoms with van der Waals surface area (Å²) in [5.74, 6) is -0.131. The number of amides is 2. The van der Waals surface area contributed by atoms with Crippen LogP contribution in [-0.2, 0) is 9.53 Å². The quantitative estimate of drug-likeness (QED) is 0.810. The molecule has 7 heteroatoms. The van der Waals surface area contributed by atoms with Crippen molar-refractivity contribution in [2.75, 3.05) is 31.1 Å². The fourth-order valence-electron chi connectivity index (χ4n) is 3.71. The van der Waals surface area contributed by atoms with Crippen molar-refractivity contribution in [2.24, 2.45) is 0 Å². The van der Waals surface area contributed by atoms with Crippen molar-refractivity contribution >= 4 is 17.5 Å². The van der Waals surface area contributed by atoms with Crippen molar-refractivity contribution in [3.8, 4) is 0 Å². The Kier molecular flexibility index (Phi) is 4.61. The van der Waals surface area contributed by atoms with Gasteiger partial charge in [0.15, 0.2) is 0 Å². The van der Waals surface area contributed by atoms with Crippen molar-refractivity contribution < 1.29 is 14.3 Å². The van der Waals surface area contributed by atoms with Gasteiger partial charge in [0.05, 0.1) is 24.0 Å². The van der Waals surface area contributed by atoms with Crippen LogP contribution >= 0.6 is 0 Å². The Bertz CT molecular complexity index is 847. The molecule has 1 aromatic heterocycles. The average Bonchev–Trinajstić information content (AvgIpc) is 2.71. The molecule has 0 N–H and O–H groups in total. The highest BCUT2D eigenvalue weighted by Crippen LogP contribution is 2.33. The summed E-state index contributed by atoms with van der Waals surface area (Å²) in [4.78, 5) is 36.9. The third-order valence-corrected chi connectivity index (χ3v) is 5.25. The van der Waals surface area contributed by atoms with Crippen molar-refractivity contribution in [2.45, 2.75) is 25.4 Å². The van der Waals surface area contributed by atoms with Crippen LogP contribution in [0.2, 0.25) is 0 Å². The molecule has 4 rings (SSSR count). The summed E-state index contributed by atoms with van der Waals surface area (Å²) in [6.07, 6.45) is 4.52. The van der Waals surface area contributed by atoms with Gasteiger partial charge >= 0.3 is 0 Å². The second-order valence-corrected chi connectivity index (χ2v) is 7.13. The summed E-state index contributed by atoms with van der Waals surface area (Å²) < 4.78 is 5.97. The minimum absolute atomic E-state index is 0.0274. The predicted octanol–water partition coefficient (Wildman–Crippen LogP) is 1.82. The number of carbonyl (C=O) groups excluding carboxylic acids is 2. The van der Waals surface area contributed by atoms with Crippen LogP contribution in [-0.4, -0.2) is 58.5 Å². The Balaban J connectivity index is 1.45. The predicted molar refractivity (Wildman–Crippen MR) is 99.4 cm³/mol. The number of aromatic nitrogens is 2. The minimum atomic E-state index is -0.404. The zero-order valence-electron chi connectivity index (χ0n) is 15.3. The van der Waals surface area contributed by atoms with Gasteiger partial charge in [-0.3, -0.25) is 14.6 Å². The lowest BCUT2D eigenvalue weighted by Crippen LogP contribution is -2.59. The minimum Gasteiger partial charge on any atom is -0.363 e. The molecule has 0 atom stereocenters. The van der Waals surface area contributed by atoms with E-state index in [0.717, 1.165) is 11.4 Å². The van der Waals surface area contributed by atoms with Crippen LogP contribution in [0.1, 0.15) is 29.0 Å². The molecule has 1 spiro atoms. The molecule has 2 aliphatic heterocycles. The largest absolute Gasteiger partial charge is 0.363 e. The number of rotatable bonds is 2. The van der Waals surface area contributed by atoms with Gasteiger partial charge in [-0.05, 0) is 31.9 Å². The van der Waals surface area contributed by atoms with Gasteiger partial charge in [-0.2, -0.15) is 0 Å². The first-order chi connectivity index (χ1) is 13.1. The van der Waals surface area contributed by atoms with Gasteiger partial charge in [-0.15, -0.1) is 0 Å². The molecule has 3 heterocycles. The fourth-order valence-corrected chi connectivity index (χ4v) is 3.71. The van der Waals surface area contributed by atoms with Crippen LogP contribution in [0.15, 0.2) is 42.7 Å². The maximum absolute atomic E-state index is 12.7. The van der Waals surface area contributed by atoms with E-state index in [-0.39, 0.29) is 18.4 Å². The van der Waals surface area contributed by atoms with Crippen LogP contribution in [0.3, 0.4) is 0 Å². The first kappa shape index (κ1) is 17.6. The number of morpholine rings is 1. The summed E-state index contributed by atoms with van der Waals surface area (Å²) >= 11 is 0. The summed E-state index contributed by atoms with van der Waals surface area (Å²) in [6, 6.07) is 9.66. The van der Waals surface area contributed by atoms with Gasteiger partial charge in [0, 0.05) is 25.0 Å². The van der Waals surface area contributed by atoms with Crippen molar-refractivity contribution in [3.63, 3.8) is 0 Å². The topological polar surface area (TPSA) is 75.6 Å². The number of ether oxygens (including phenoxy) is 1. The lowest BCUT2D eigenvalue weighted by molar-refractivity contribution is -0.143. The molecule has 2 saturated heterocycles. The van der Waals surface area contributed by atoms with E-state index in [1.165, 1.54) is 6.20 Å². The monoisotopic (exact) mass is 366 g/mol. The van der Waals surface area contributed by atoms with E-state index in [2.05, 4.69) is 9.97 Å². The molecule has 0 unspecified atom stereocenters. The maximum Gasteiger partial charge on any atom is 0.274 e. The number of nitrogens with zero attached hydrogens (tertiary/aromatic N) is 4. The molecule has 7 nitrogen and oxygen atoms in total. The van der Waals surface area contributed by atoms with Crippen LogP contribution in [0, 0.1) is 6.92 Å². The molecular weight excluding hydrogens is 344 g/mol. The van der Waals surface area contributed by atoms with E-state index >= 15 is 0 Å². The molecule has 0 bridgehead atoms. The Morgan fingerprint density at radius 3 is 2.59 bits per heavy atom. The Morgan fingerprint density at radius 2 is 1.89 bits per heavy atom. The Morgan fingerprint density at radius 1 is 1.15 bits per heavy atom. The second-order valence-electron chi connectivity index (χ2n) is 7.13. The van der Waals surface area contributed by atoms with Gasteiger partial charge in [-0.1, -0.05) is 18.2 Å². The molecule has 0 radical (unpaired) electrons. The molecule has 2 fully saturated rings. The van der Waals surface area contributed by atoms with Gasteiger partial charge in [0.2, 0.25) is 0 Å². The second kappa shape index (κ2) is 7.08. The Labute approximate surface area is 158 Å². The Hall–Kier alpha value is -2.80. The summed E-state index contributed by atoms with van der Waals surface area (Å²) in [5.41, 5.74) is 1.58. The third-order valence-electron chi connectivity index (χ3n) is 5.25. The smallest absolute Gasteiger partial charge is 0.274 e. The van der Waals surface area contributed by atoms with Crippen molar-refractivity contribution in [1.82, 2.24) is 14.9 Å². The molecule has 0 saturated carbocycles. The molecule has 27 heavy (non-hydrogen) atoms. The zero-order valence-corrected chi connectivity index (χ0v) is 15.3.